The molecular formula is C14H21Br2NO. The minimum Gasteiger partial charge on any atom is -0.506 e. The van der Waals surface area contributed by atoms with E-state index in [-0.39, 0.29) is 5.75 Å². The van der Waals surface area contributed by atoms with E-state index in [4.69, 9.17) is 0 Å². The number of benzene rings is 1. The van der Waals surface area contributed by atoms with Crippen molar-refractivity contribution in [2.24, 2.45) is 5.92 Å². The first-order valence-corrected chi connectivity index (χ1v) is 7.98. The highest BCUT2D eigenvalue weighted by molar-refractivity contribution is 9.11. The van der Waals surface area contributed by atoms with Crippen LogP contribution in [0.2, 0.25) is 0 Å². The lowest BCUT2D eigenvalue weighted by atomic mass is 9.95. The third kappa shape index (κ3) is 4.25. The summed E-state index contributed by atoms with van der Waals surface area (Å²) in [6.45, 7) is 7.53. The predicted octanol–water partition coefficient (Wildman–Crippen LogP) is 4.83. The molecule has 0 amide bonds. The Labute approximate surface area is 126 Å². The topological polar surface area (TPSA) is 32.3 Å². The Kier molecular flexibility index (Phi) is 6.67. The average Bonchev–Trinajstić information content (AvgIpc) is 2.34. The van der Waals surface area contributed by atoms with Crippen LogP contribution in [0.25, 0.3) is 0 Å². The summed E-state index contributed by atoms with van der Waals surface area (Å²) in [5.41, 5.74) is 1.16. The third-order valence-corrected chi connectivity index (χ3v) is 4.67. The molecule has 0 bridgehead atoms. The molecular weight excluding hydrogens is 358 g/mol. The quantitative estimate of drug-likeness (QED) is 0.742. The molecule has 4 heteroatoms. The zero-order valence-electron chi connectivity index (χ0n) is 11.1. The van der Waals surface area contributed by atoms with E-state index in [2.05, 4.69) is 57.9 Å². The van der Waals surface area contributed by atoms with E-state index >= 15 is 0 Å². The van der Waals surface area contributed by atoms with Gasteiger partial charge in [-0.1, -0.05) is 26.7 Å². The van der Waals surface area contributed by atoms with Crippen molar-refractivity contribution in [3.8, 4) is 5.75 Å². The van der Waals surface area contributed by atoms with Crippen LogP contribution in [0, 0.1) is 5.92 Å². The van der Waals surface area contributed by atoms with Gasteiger partial charge >= 0.3 is 0 Å². The van der Waals surface area contributed by atoms with E-state index in [0.717, 1.165) is 21.1 Å². The Morgan fingerprint density at radius 2 is 1.67 bits per heavy atom. The third-order valence-electron chi connectivity index (χ3n) is 3.46. The second-order valence-electron chi connectivity index (χ2n) is 4.65. The summed E-state index contributed by atoms with van der Waals surface area (Å²) in [4.78, 5) is 0. The van der Waals surface area contributed by atoms with E-state index < -0.39 is 0 Å². The average molecular weight is 379 g/mol. The van der Waals surface area contributed by atoms with Gasteiger partial charge in [0.25, 0.3) is 0 Å². The Morgan fingerprint density at radius 1 is 1.17 bits per heavy atom. The molecule has 1 rings (SSSR count). The molecule has 0 saturated heterocycles. The fourth-order valence-electron chi connectivity index (χ4n) is 2.16. The molecule has 1 atom stereocenters. The van der Waals surface area contributed by atoms with Gasteiger partial charge in [0, 0.05) is 12.6 Å². The summed E-state index contributed by atoms with van der Waals surface area (Å²) >= 11 is 6.70. The monoisotopic (exact) mass is 377 g/mol. The van der Waals surface area contributed by atoms with Gasteiger partial charge in [0.05, 0.1) is 8.95 Å². The molecule has 0 aliphatic heterocycles. The van der Waals surface area contributed by atoms with Gasteiger partial charge in [-0.05, 0) is 62.4 Å². The molecule has 1 aromatic rings. The molecule has 1 unspecified atom stereocenters. The van der Waals surface area contributed by atoms with Gasteiger partial charge in [0.1, 0.15) is 5.75 Å². The number of halogens is 2. The van der Waals surface area contributed by atoms with Crippen LogP contribution < -0.4 is 5.32 Å². The minimum absolute atomic E-state index is 0.256. The molecule has 102 valence electrons. The molecule has 2 N–H and O–H groups in total. The normalized spacial score (nSPS) is 13.0. The van der Waals surface area contributed by atoms with Crippen LogP contribution in [0.15, 0.2) is 21.1 Å². The van der Waals surface area contributed by atoms with Gasteiger partial charge < -0.3 is 10.4 Å². The highest BCUT2D eigenvalue weighted by Crippen LogP contribution is 2.33. The zero-order valence-corrected chi connectivity index (χ0v) is 14.3. The number of phenols is 1. The van der Waals surface area contributed by atoms with Crippen LogP contribution in [0.4, 0.5) is 0 Å². The lowest BCUT2D eigenvalue weighted by molar-refractivity contribution is 0.353. The Morgan fingerprint density at radius 3 is 2.11 bits per heavy atom. The second-order valence-corrected chi connectivity index (χ2v) is 6.36. The number of hydrogen-bond donors (Lipinski definition) is 2. The highest BCUT2D eigenvalue weighted by atomic mass is 79.9. The van der Waals surface area contributed by atoms with Crippen molar-refractivity contribution in [1.29, 1.82) is 0 Å². The van der Waals surface area contributed by atoms with Gasteiger partial charge in [0.15, 0.2) is 0 Å². The Bertz CT molecular complexity index is 368. The summed E-state index contributed by atoms with van der Waals surface area (Å²) in [7, 11) is 0. The van der Waals surface area contributed by atoms with E-state index in [0.29, 0.717) is 12.0 Å². The van der Waals surface area contributed by atoms with Crippen molar-refractivity contribution in [3.63, 3.8) is 0 Å². The molecule has 0 heterocycles. The van der Waals surface area contributed by atoms with Crippen LogP contribution in [0.3, 0.4) is 0 Å². The van der Waals surface area contributed by atoms with Crippen molar-refractivity contribution in [3.05, 3.63) is 26.6 Å². The molecule has 0 fully saturated rings. The second kappa shape index (κ2) is 7.51. The first-order valence-electron chi connectivity index (χ1n) is 6.39. The number of rotatable bonds is 6. The molecule has 0 saturated carbocycles. The van der Waals surface area contributed by atoms with E-state index in [1.165, 1.54) is 12.8 Å². The van der Waals surface area contributed by atoms with E-state index in [1.807, 2.05) is 12.1 Å². The molecule has 2 nitrogen and oxygen atoms in total. The van der Waals surface area contributed by atoms with Gasteiger partial charge in [-0.25, -0.2) is 0 Å². The van der Waals surface area contributed by atoms with Gasteiger partial charge in [0.2, 0.25) is 0 Å². The molecule has 0 radical (unpaired) electrons. The minimum atomic E-state index is 0.256. The highest BCUT2D eigenvalue weighted by Gasteiger charge is 2.13. The maximum absolute atomic E-state index is 9.66. The van der Waals surface area contributed by atoms with E-state index in [1.54, 1.807) is 0 Å². The standard InChI is InChI=1S/C14H21Br2NO/c1-4-11(5-2)9(3)17-8-10-6-12(15)14(18)13(16)7-10/h6-7,9,11,17-18H,4-5,8H2,1-3H3. The lowest BCUT2D eigenvalue weighted by Crippen LogP contribution is -2.32. The maximum Gasteiger partial charge on any atom is 0.143 e. The summed E-state index contributed by atoms with van der Waals surface area (Å²) in [5, 5.41) is 13.2. The molecule has 0 aromatic heterocycles. The Hall–Kier alpha value is -0.0600. The van der Waals surface area contributed by atoms with Crippen LogP contribution >= 0.6 is 31.9 Å². The first-order chi connectivity index (χ1) is 8.49. The van der Waals surface area contributed by atoms with Crippen molar-refractivity contribution >= 4 is 31.9 Å². The molecule has 0 aliphatic rings. The van der Waals surface area contributed by atoms with Crippen molar-refractivity contribution in [2.75, 3.05) is 0 Å². The number of hydrogen-bond acceptors (Lipinski definition) is 2. The van der Waals surface area contributed by atoms with E-state index in [9.17, 15) is 5.11 Å². The van der Waals surface area contributed by atoms with Crippen molar-refractivity contribution in [2.45, 2.75) is 46.2 Å². The zero-order chi connectivity index (χ0) is 13.7. The summed E-state index contributed by atoms with van der Waals surface area (Å²) < 4.78 is 1.45. The maximum atomic E-state index is 9.66. The first kappa shape index (κ1) is 16.0. The van der Waals surface area contributed by atoms with Crippen molar-refractivity contribution in [1.82, 2.24) is 5.32 Å². The molecule has 0 aliphatic carbocycles. The summed E-state index contributed by atoms with van der Waals surface area (Å²) in [6.07, 6.45) is 2.40. The fraction of sp³-hybridized carbons (Fsp3) is 0.571. The number of aromatic hydroxyl groups is 1. The van der Waals surface area contributed by atoms with Gasteiger partial charge in [-0.2, -0.15) is 0 Å². The van der Waals surface area contributed by atoms with Gasteiger partial charge in [-0.3, -0.25) is 0 Å². The number of phenolic OH excluding ortho intramolecular Hbond substituents is 1. The van der Waals surface area contributed by atoms with Gasteiger partial charge in [-0.15, -0.1) is 0 Å². The fourth-order valence-corrected chi connectivity index (χ4v) is 3.44. The molecule has 0 spiro atoms. The molecule has 18 heavy (non-hydrogen) atoms. The summed E-state index contributed by atoms with van der Waals surface area (Å²) in [5.74, 6) is 0.973. The Balaban J connectivity index is 2.64. The van der Waals surface area contributed by atoms with Crippen LogP contribution in [-0.4, -0.2) is 11.1 Å². The van der Waals surface area contributed by atoms with Crippen LogP contribution in [0.5, 0.6) is 5.75 Å². The molecule has 1 aromatic carbocycles. The predicted molar refractivity (Wildman–Crippen MR) is 83.9 cm³/mol. The lowest BCUT2D eigenvalue weighted by Gasteiger charge is -2.22. The largest absolute Gasteiger partial charge is 0.506 e. The SMILES string of the molecule is CCC(CC)C(C)NCc1cc(Br)c(O)c(Br)c1. The van der Waals surface area contributed by atoms with Crippen molar-refractivity contribution < 1.29 is 5.11 Å². The smallest absolute Gasteiger partial charge is 0.143 e. The van der Waals surface area contributed by atoms with Crippen LogP contribution in [0.1, 0.15) is 39.2 Å². The summed E-state index contributed by atoms with van der Waals surface area (Å²) in [6, 6.07) is 4.41. The van der Waals surface area contributed by atoms with Crippen LogP contribution in [-0.2, 0) is 6.54 Å². The number of nitrogens with one attached hydrogen (secondary N) is 1.